The monoisotopic (exact) mass is 165 g/mol. The molecule has 0 aromatic carbocycles. The van der Waals surface area contributed by atoms with Crippen LogP contribution >= 0.6 is 0 Å². The second-order valence-electron chi connectivity index (χ2n) is 2.83. The van der Waals surface area contributed by atoms with E-state index >= 15 is 0 Å². The zero-order valence-corrected chi connectivity index (χ0v) is 7.03. The smallest absolute Gasteiger partial charge is 0.289 e. The zero-order valence-electron chi connectivity index (χ0n) is 7.03. The molecule has 0 aliphatic carbocycles. The molecule has 1 aliphatic rings. The predicted octanol–water partition coefficient (Wildman–Crippen LogP) is 0.359. The number of likely N-dealkylation sites (N-methyl/N-ethyl adjacent to an activating group) is 1. The average Bonchev–Trinajstić information content (AvgIpc) is 2.53. The molecule has 64 valence electrons. The van der Waals surface area contributed by atoms with Crippen LogP contribution in [0.2, 0.25) is 0 Å². The number of rotatable bonds is 1. The first-order valence-electron chi connectivity index (χ1n) is 4.13. The summed E-state index contributed by atoms with van der Waals surface area (Å²) in [7, 11) is 0. The highest BCUT2D eigenvalue weighted by Crippen LogP contribution is 2.09. The summed E-state index contributed by atoms with van der Waals surface area (Å²) in [4.78, 5) is 17.4. The number of carbonyl (C=O) groups is 1. The number of hydrogen-bond acceptors (Lipinski definition) is 2. The lowest BCUT2D eigenvalue weighted by Gasteiger charge is -2.25. The summed E-state index contributed by atoms with van der Waals surface area (Å²) in [6.07, 6.45) is 3.52. The van der Waals surface area contributed by atoms with Crippen molar-refractivity contribution in [3.63, 3.8) is 0 Å². The largest absolute Gasteiger partial charge is 0.334 e. The van der Waals surface area contributed by atoms with E-state index in [0.717, 1.165) is 19.6 Å². The summed E-state index contributed by atoms with van der Waals surface area (Å²) >= 11 is 0. The molecule has 0 atom stereocenters. The topological polar surface area (TPSA) is 38.1 Å². The lowest BCUT2D eigenvalue weighted by molar-refractivity contribution is 0.0707. The van der Waals surface area contributed by atoms with Crippen LogP contribution in [-0.4, -0.2) is 33.4 Å². The van der Waals surface area contributed by atoms with E-state index in [1.54, 1.807) is 6.20 Å². The van der Waals surface area contributed by atoms with Crippen molar-refractivity contribution in [2.75, 3.05) is 13.1 Å². The van der Waals surface area contributed by atoms with Crippen molar-refractivity contribution in [1.29, 1.82) is 0 Å². The number of aromatic nitrogens is 2. The van der Waals surface area contributed by atoms with E-state index in [2.05, 4.69) is 4.98 Å². The van der Waals surface area contributed by atoms with Gasteiger partial charge in [-0.25, -0.2) is 4.98 Å². The summed E-state index contributed by atoms with van der Waals surface area (Å²) in [5.41, 5.74) is 0. The third kappa shape index (κ3) is 0.913. The Labute approximate surface area is 70.8 Å². The molecular weight excluding hydrogens is 154 g/mol. The number of imidazole rings is 1. The lowest BCUT2D eigenvalue weighted by atomic mass is 10.3. The third-order valence-electron chi connectivity index (χ3n) is 2.19. The van der Waals surface area contributed by atoms with Gasteiger partial charge in [0.05, 0.1) is 0 Å². The molecule has 0 saturated carbocycles. The van der Waals surface area contributed by atoms with Crippen LogP contribution in [0, 0.1) is 0 Å². The van der Waals surface area contributed by atoms with E-state index in [9.17, 15) is 4.79 Å². The van der Waals surface area contributed by atoms with Crippen LogP contribution in [0.25, 0.3) is 0 Å². The van der Waals surface area contributed by atoms with Crippen molar-refractivity contribution in [3.8, 4) is 0 Å². The van der Waals surface area contributed by atoms with E-state index < -0.39 is 0 Å². The van der Waals surface area contributed by atoms with Gasteiger partial charge in [0, 0.05) is 32.0 Å². The Morgan fingerprint density at radius 2 is 2.42 bits per heavy atom. The fraction of sp³-hybridized carbons (Fsp3) is 0.500. The maximum absolute atomic E-state index is 11.6. The van der Waals surface area contributed by atoms with Crippen LogP contribution < -0.4 is 0 Å². The Kier molecular flexibility index (Phi) is 1.60. The number of carbonyl (C=O) groups excluding carboxylic acids is 1. The molecule has 1 aromatic rings. The highest BCUT2D eigenvalue weighted by Gasteiger charge is 2.23. The summed E-state index contributed by atoms with van der Waals surface area (Å²) in [6, 6.07) is 0. The van der Waals surface area contributed by atoms with Crippen molar-refractivity contribution < 1.29 is 4.79 Å². The van der Waals surface area contributed by atoms with E-state index in [0.29, 0.717) is 5.82 Å². The minimum Gasteiger partial charge on any atom is -0.334 e. The average molecular weight is 165 g/mol. The standard InChI is InChI=1S/C8H11N3O/c1-2-10-5-6-11-4-3-9-7(11)8(10)12/h3-4H,2,5-6H2,1H3. The summed E-state index contributed by atoms with van der Waals surface area (Å²) in [5.74, 6) is 0.622. The molecule has 0 fully saturated rings. The first-order chi connectivity index (χ1) is 5.83. The van der Waals surface area contributed by atoms with Gasteiger partial charge in [-0.15, -0.1) is 0 Å². The van der Waals surface area contributed by atoms with Gasteiger partial charge in [-0.05, 0) is 6.92 Å². The number of fused-ring (bicyclic) bond motifs is 1. The van der Waals surface area contributed by atoms with Crippen LogP contribution in [-0.2, 0) is 6.54 Å². The van der Waals surface area contributed by atoms with E-state index in [1.807, 2.05) is 22.6 Å². The molecule has 2 rings (SSSR count). The molecule has 1 aromatic heterocycles. The molecule has 1 aliphatic heterocycles. The Hall–Kier alpha value is -1.32. The van der Waals surface area contributed by atoms with Gasteiger partial charge >= 0.3 is 0 Å². The minimum absolute atomic E-state index is 0.0498. The van der Waals surface area contributed by atoms with Crippen molar-refractivity contribution in [2.24, 2.45) is 0 Å². The van der Waals surface area contributed by atoms with Crippen LogP contribution in [0.15, 0.2) is 12.4 Å². The number of hydrogen-bond donors (Lipinski definition) is 0. The normalized spacial score (nSPS) is 16.4. The Balaban J connectivity index is 2.35. The first kappa shape index (κ1) is 7.34. The number of nitrogens with zero attached hydrogens (tertiary/aromatic N) is 3. The van der Waals surface area contributed by atoms with Gasteiger partial charge in [0.25, 0.3) is 5.91 Å². The Morgan fingerprint density at radius 1 is 1.58 bits per heavy atom. The second-order valence-corrected chi connectivity index (χ2v) is 2.83. The van der Waals surface area contributed by atoms with Gasteiger partial charge in [-0.2, -0.15) is 0 Å². The third-order valence-corrected chi connectivity index (χ3v) is 2.19. The van der Waals surface area contributed by atoms with Crippen molar-refractivity contribution in [2.45, 2.75) is 13.5 Å². The van der Waals surface area contributed by atoms with Gasteiger partial charge in [0.1, 0.15) is 0 Å². The SMILES string of the molecule is CCN1CCn2ccnc2C1=O. The van der Waals surface area contributed by atoms with Gasteiger partial charge in [0.15, 0.2) is 5.82 Å². The molecule has 1 amide bonds. The highest BCUT2D eigenvalue weighted by molar-refractivity contribution is 5.91. The first-order valence-corrected chi connectivity index (χ1v) is 4.13. The van der Waals surface area contributed by atoms with Crippen molar-refractivity contribution in [1.82, 2.24) is 14.5 Å². The molecule has 0 radical (unpaired) electrons. The summed E-state index contributed by atoms with van der Waals surface area (Å²) < 4.78 is 1.90. The molecule has 4 nitrogen and oxygen atoms in total. The summed E-state index contributed by atoms with van der Waals surface area (Å²) in [5, 5.41) is 0. The van der Waals surface area contributed by atoms with Gasteiger partial charge < -0.3 is 9.47 Å². The van der Waals surface area contributed by atoms with Gasteiger partial charge in [-0.3, -0.25) is 4.79 Å². The fourth-order valence-electron chi connectivity index (χ4n) is 1.46. The van der Waals surface area contributed by atoms with Crippen LogP contribution in [0.4, 0.5) is 0 Å². The molecule has 0 spiro atoms. The van der Waals surface area contributed by atoms with Crippen LogP contribution in [0.5, 0.6) is 0 Å². The Morgan fingerprint density at radius 3 is 3.17 bits per heavy atom. The highest BCUT2D eigenvalue weighted by atomic mass is 16.2. The van der Waals surface area contributed by atoms with Crippen LogP contribution in [0.1, 0.15) is 17.5 Å². The van der Waals surface area contributed by atoms with E-state index in [-0.39, 0.29) is 5.91 Å². The van der Waals surface area contributed by atoms with Crippen LogP contribution in [0.3, 0.4) is 0 Å². The molecule has 4 heteroatoms. The molecule has 12 heavy (non-hydrogen) atoms. The fourth-order valence-corrected chi connectivity index (χ4v) is 1.46. The minimum atomic E-state index is 0.0498. The second kappa shape index (κ2) is 2.62. The summed E-state index contributed by atoms with van der Waals surface area (Å²) in [6.45, 7) is 4.43. The molecule has 0 unspecified atom stereocenters. The number of amides is 1. The Bertz CT molecular complexity index is 305. The molecule has 0 saturated heterocycles. The molecule has 0 N–H and O–H groups in total. The maximum atomic E-state index is 11.6. The molecule has 0 bridgehead atoms. The molecular formula is C8H11N3O. The van der Waals surface area contributed by atoms with E-state index in [4.69, 9.17) is 0 Å². The van der Waals surface area contributed by atoms with E-state index in [1.165, 1.54) is 0 Å². The predicted molar refractivity (Wildman–Crippen MR) is 43.8 cm³/mol. The van der Waals surface area contributed by atoms with Crippen molar-refractivity contribution >= 4 is 5.91 Å². The maximum Gasteiger partial charge on any atom is 0.289 e. The quantitative estimate of drug-likeness (QED) is 0.602. The van der Waals surface area contributed by atoms with Gasteiger partial charge in [-0.1, -0.05) is 0 Å². The molecule has 2 heterocycles. The zero-order chi connectivity index (χ0) is 8.55. The van der Waals surface area contributed by atoms with Gasteiger partial charge in [0.2, 0.25) is 0 Å². The lowest BCUT2D eigenvalue weighted by Crippen LogP contribution is -2.40. The van der Waals surface area contributed by atoms with Crippen molar-refractivity contribution in [3.05, 3.63) is 18.2 Å².